The van der Waals surface area contributed by atoms with Gasteiger partial charge in [-0.15, -0.1) is 0 Å². The quantitative estimate of drug-likeness (QED) is 0.193. The zero-order valence-corrected chi connectivity index (χ0v) is 19.0. The maximum atomic E-state index is 9.76. The fourth-order valence-electron chi connectivity index (χ4n) is 1.20. The zero-order valence-electron chi connectivity index (χ0n) is 16.2. The summed E-state index contributed by atoms with van der Waals surface area (Å²) in [4.78, 5) is 38.8. The van der Waals surface area contributed by atoms with Crippen molar-refractivity contribution in [1.29, 1.82) is 0 Å². The van der Waals surface area contributed by atoms with Crippen molar-refractivity contribution in [2.75, 3.05) is 0 Å². The van der Waals surface area contributed by atoms with Crippen LogP contribution in [-0.2, 0) is 19.2 Å². The number of carboxylic acids is 4. The molecule has 0 N–H and O–H groups in total. The number of carboxylic acid groups (broad SMARTS) is 4. The molecular weight excluding hydrogens is 463 g/mol. The summed E-state index contributed by atoms with van der Waals surface area (Å²) in [5, 5.41) is 38.8. The normalized spacial score (nSPS) is 10.7. The first-order chi connectivity index (χ1) is 12.5. The molecule has 0 amide bonds. The molecule has 0 saturated carbocycles. The van der Waals surface area contributed by atoms with Crippen LogP contribution in [0.3, 0.4) is 0 Å². The Labute approximate surface area is 170 Å². The molecule has 9 heteroatoms. The van der Waals surface area contributed by atoms with Crippen LogP contribution in [0.2, 0.25) is 8.87 Å². The van der Waals surface area contributed by atoms with E-state index >= 15 is 0 Å². The van der Waals surface area contributed by atoms with E-state index in [1.54, 1.807) is 8.87 Å². The number of carbonyl (C=O) groups excluding carboxylic acids is 4. The molecule has 0 aromatic rings. The first kappa shape index (κ1) is 29.9. The summed E-state index contributed by atoms with van der Waals surface area (Å²) in [7, 11) is 0. The van der Waals surface area contributed by atoms with Gasteiger partial charge in [-0.2, -0.15) is 0 Å². The number of carbonyl (C=O) groups is 4. The molecule has 0 heterocycles. The van der Waals surface area contributed by atoms with Gasteiger partial charge in [-0.05, 0) is 37.1 Å². The Hall–Kier alpha value is -1.84. The van der Waals surface area contributed by atoms with E-state index in [0.29, 0.717) is 12.2 Å². The third-order valence-electron chi connectivity index (χ3n) is 2.73. The average molecular weight is 489 g/mol. The summed E-state index contributed by atoms with van der Waals surface area (Å²) < 4.78 is 3.25. The molecule has 150 valence electrons. The summed E-state index contributed by atoms with van der Waals surface area (Å²) in [5.41, 5.74) is -0.704. The van der Waals surface area contributed by atoms with Gasteiger partial charge in [0.15, 0.2) is 0 Å². The molecule has 0 aromatic heterocycles. The first-order valence-electron chi connectivity index (χ1n) is 8.41. The SMILES string of the molecule is C/C(=C\C(=O)[O-])C(=O)[O-].C/C(=C\C(=O)[O-])C(=O)[O-].CCC[CH2][Sn+4][CH2]CCC. The molecule has 0 spiro atoms. The molecule has 0 unspecified atom stereocenters. The first-order valence-corrected chi connectivity index (χ1v) is 12.4. The van der Waals surface area contributed by atoms with Gasteiger partial charge in [-0.3, -0.25) is 0 Å². The molecule has 6 radical (unpaired) electrons. The fourth-order valence-corrected chi connectivity index (χ4v) is 5.36. The molecule has 8 nitrogen and oxygen atoms in total. The monoisotopic (exact) mass is 490 g/mol. The van der Waals surface area contributed by atoms with Crippen molar-refractivity contribution in [2.24, 2.45) is 0 Å². The second-order valence-corrected chi connectivity index (χ2v) is 9.61. The molecule has 0 saturated heterocycles. The Kier molecular flexibility index (Phi) is 22.7. The molecule has 0 aliphatic heterocycles. The summed E-state index contributed by atoms with van der Waals surface area (Å²) >= 11 is 0.149. The summed E-state index contributed by atoms with van der Waals surface area (Å²) in [5.74, 6) is -6.06. The van der Waals surface area contributed by atoms with E-state index in [0.717, 1.165) is 13.8 Å². The Morgan fingerprint density at radius 3 is 1.15 bits per heavy atom. The van der Waals surface area contributed by atoms with Crippen LogP contribution >= 0.6 is 0 Å². The molecule has 0 bridgehead atoms. The van der Waals surface area contributed by atoms with Gasteiger partial charge in [0.1, 0.15) is 0 Å². The Bertz CT molecular complexity index is 477. The summed E-state index contributed by atoms with van der Waals surface area (Å²) in [6.45, 7) is 6.81. The molecule has 0 aliphatic rings. The van der Waals surface area contributed by atoms with Gasteiger partial charge in [0.25, 0.3) is 0 Å². The minimum atomic E-state index is -1.53. The van der Waals surface area contributed by atoms with Crippen molar-refractivity contribution in [3.8, 4) is 0 Å². The molecule has 0 rings (SSSR count). The predicted octanol–water partition coefficient (Wildman–Crippen LogP) is -2.01. The van der Waals surface area contributed by atoms with Crippen LogP contribution in [0.15, 0.2) is 23.3 Å². The number of hydrogen-bond acceptors (Lipinski definition) is 8. The zero-order chi connectivity index (χ0) is 21.8. The van der Waals surface area contributed by atoms with Crippen LogP contribution < -0.4 is 20.4 Å². The fraction of sp³-hybridized carbons (Fsp3) is 0.556. The van der Waals surface area contributed by atoms with Crippen LogP contribution in [0.25, 0.3) is 0 Å². The third kappa shape index (κ3) is 29.2. The van der Waals surface area contributed by atoms with Gasteiger partial charge in [-0.25, -0.2) is 0 Å². The van der Waals surface area contributed by atoms with E-state index in [-0.39, 0.29) is 32.3 Å². The molecule has 27 heavy (non-hydrogen) atoms. The molecule has 0 fully saturated rings. The standard InChI is InChI=1S/2C5H6O4.2C4H9.Sn/c2*1-3(5(8)9)2-4(6)7;2*1-3-4-2;/h2*2H,1H3,(H,6,7)(H,8,9);2*1,3-4H2,2H3;/q;;;;+4/p-4/b2*3-2+;;;. The van der Waals surface area contributed by atoms with E-state index in [9.17, 15) is 39.6 Å². The minimum absolute atomic E-state index is 0.149. The number of unbranched alkanes of at least 4 members (excludes halogenated alkanes) is 2. The molecular formula is C18H26O8Sn. The van der Waals surface area contributed by atoms with E-state index in [1.807, 2.05) is 0 Å². The summed E-state index contributed by atoms with van der Waals surface area (Å²) in [6.07, 6.45) is 6.77. The Morgan fingerprint density at radius 1 is 0.704 bits per heavy atom. The molecule has 0 aromatic carbocycles. The van der Waals surface area contributed by atoms with E-state index in [2.05, 4.69) is 13.8 Å². The van der Waals surface area contributed by atoms with Crippen molar-refractivity contribution < 1.29 is 39.6 Å². The van der Waals surface area contributed by atoms with Crippen molar-refractivity contribution in [3.05, 3.63) is 23.3 Å². The Balaban J connectivity index is -0.000000320. The number of rotatable bonds is 10. The van der Waals surface area contributed by atoms with Gasteiger partial charge in [-0.1, -0.05) is 0 Å². The second-order valence-electron chi connectivity index (χ2n) is 5.32. The van der Waals surface area contributed by atoms with Gasteiger partial charge in [0.05, 0.1) is 23.9 Å². The van der Waals surface area contributed by atoms with E-state index in [1.165, 1.54) is 25.7 Å². The van der Waals surface area contributed by atoms with Crippen LogP contribution in [0.4, 0.5) is 0 Å². The van der Waals surface area contributed by atoms with Crippen molar-refractivity contribution >= 4 is 45.0 Å². The van der Waals surface area contributed by atoms with Gasteiger partial charge >= 0.3 is 69.5 Å². The topological polar surface area (TPSA) is 161 Å². The number of aliphatic carboxylic acids is 4. The van der Waals surface area contributed by atoms with Gasteiger partial charge in [0, 0.05) is 0 Å². The second kappa shape index (κ2) is 20.5. The predicted molar refractivity (Wildman–Crippen MR) is 92.7 cm³/mol. The maximum absolute atomic E-state index is 9.76. The van der Waals surface area contributed by atoms with Gasteiger partial charge in [0.2, 0.25) is 0 Å². The average Bonchev–Trinajstić information content (AvgIpc) is 2.54. The van der Waals surface area contributed by atoms with Crippen LogP contribution in [0.5, 0.6) is 0 Å². The Morgan fingerprint density at radius 2 is 1.00 bits per heavy atom. The number of hydrogen-bond donors (Lipinski definition) is 0. The van der Waals surface area contributed by atoms with Crippen molar-refractivity contribution in [2.45, 2.75) is 62.3 Å². The van der Waals surface area contributed by atoms with Gasteiger partial charge < -0.3 is 39.6 Å². The van der Waals surface area contributed by atoms with Crippen LogP contribution in [0.1, 0.15) is 53.4 Å². The van der Waals surface area contributed by atoms with Crippen LogP contribution in [0, 0.1) is 0 Å². The van der Waals surface area contributed by atoms with E-state index in [4.69, 9.17) is 0 Å². The molecule has 0 atom stereocenters. The van der Waals surface area contributed by atoms with Crippen LogP contribution in [-0.4, -0.2) is 45.0 Å². The molecule has 0 aliphatic carbocycles. The van der Waals surface area contributed by atoms with Crippen molar-refractivity contribution in [1.82, 2.24) is 0 Å². The van der Waals surface area contributed by atoms with E-state index < -0.39 is 23.9 Å². The summed E-state index contributed by atoms with van der Waals surface area (Å²) in [6, 6.07) is 0. The third-order valence-corrected chi connectivity index (χ3v) is 6.76. The van der Waals surface area contributed by atoms with Crippen molar-refractivity contribution in [3.63, 3.8) is 0 Å².